The van der Waals surface area contributed by atoms with Crippen LogP contribution < -0.4 is 5.32 Å². The van der Waals surface area contributed by atoms with Crippen LogP contribution in [0.5, 0.6) is 0 Å². The number of carbonyl (C=O) groups is 2. The first-order chi connectivity index (χ1) is 8.93. The predicted octanol–water partition coefficient (Wildman–Crippen LogP) is -0.300. The molecule has 0 saturated carbocycles. The maximum Gasteiger partial charge on any atom is 0.354 e. The molecule has 19 heavy (non-hydrogen) atoms. The average Bonchev–Trinajstić information content (AvgIpc) is 2.37. The molecule has 0 fully saturated rings. The van der Waals surface area contributed by atoms with Gasteiger partial charge in [0.05, 0.1) is 6.10 Å². The van der Waals surface area contributed by atoms with Gasteiger partial charge in [0.15, 0.2) is 5.69 Å². The molecule has 0 aliphatic rings. The summed E-state index contributed by atoms with van der Waals surface area (Å²) in [5, 5.41) is 31.1. The molecule has 0 bridgehead atoms. The topological polar surface area (TPSA) is 120 Å². The Hall–Kier alpha value is -1.99. The molecule has 7 nitrogen and oxygen atoms in total. The SMILES string of the molecule is CC(=O)NCCC(O)C(O)c1cccnc1C(=O)O. The Labute approximate surface area is 109 Å². The molecule has 1 aromatic heterocycles. The van der Waals surface area contributed by atoms with E-state index in [0.29, 0.717) is 0 Å². The summed E-state index contributed by atoms with van der Waals surface area (Å²) < 4.78 is 0. The van der Waals surface area contributed by atoms with E-state index in [1.165, 1.54) is 25.3 Å². The fraction of sp³-hybridized carbons (Fsp3) is 0.417. The number of amides is 1. The lowest BCUT2D eigenvalue weighted by molar-refractivity contribution is -0.119. The van der Waals surface area contributed by atoms with E-state index >= 15 is 0 Å². The third-order valence-electron chi connectivity index (χ3n) is 2.54. The van der Waals surface area contributed by atoms with Gasteiger partial charge in [-0.15, -0.1) is 0 Å². The van der Waals surface area contributed by atoms with Gasteiger partial charge in [-0.3, -0.25) is 4.79 Å². The van der Waals surface area contributed by atoms with Crippen molar-refractivity contribution in [2.45, 2.75) is 25.6 Å². The van der Waals surface area contributed by atoms with E-state index in [0.717, 1.165) is 0 Å². The number of carbonyl (C=O) groups excluding carboxylic acids is 1. The van der Waals surface area contributed by atoms with Crippen LogP contribution >= 0.6 is 0 Å². The second-order valence-electron chi connectivity index (χ2n) is 4.03. The Morgan fingerprint density at radius 1 is 1.42 bits per heavy atom. The predicted molar refractivity (Wildman–Crippen MR) is 65.5 cm³/mol. The molecule has 0 radical (unpaired) electrons. The van der Waals surface area contributed by atoms with Crippen LogP contribution in [0.2, 0.25) is 0 Å². The molecule has 104 valence electrons. The number of aromatic carboxylic acids is 1. The van der Waals surface area contributed by atoms with Crippen LogP contribution in [0.4, 0.5) is 0 Å². The third kappa shape index (κ3) is 4.31. The van der Waals surface area contributed by atoms with Gasteiger partial charge in [0, 0.05) is 25.2 Å². The summed E-state index contributed by atoms with van der Waals surface area (Å²) in [5.41, 5.74) is -0.251. The standard InChI is InChI=1S/C12H16N2O5/c1-7(15)13-6-4-9(16)11(17)8-3-2-5-14-10(8)12(18)19/h2-3,5,9,11,16-17H,4,6H2,1H3,(H,13,15)(H,18,19). The summed E-state index contributed by atoms with van der Waals surface area (Å²) in [6.07, 6.45) is -1.15. The van der Waals surface area contributed by atoms with Crippen LogP contribution in [0.3, 0.4) is 0 Å². The number of aromatic nitrogens is 1. The lowest BCUT2D eigenvalue weighted by Gasteiger charge is -2.19. The van der Waals surface area contributed by atoms with Gasteiger partial charge in [0.25, 0.3) is 0 Å². The van der Waals surface area contributed by atoms with Crippen LogP contribution in [-0.2, 0) is 4.79 Å². The Morgan fingerprint density at radius 3 is 2.68 bits per heavy atom. The Bertz CT molecular complexity index is 463. The first-order valence-electron chi connectivity index (χ1n) is 5.72. The largest absolute Gasteiger partial charge is 0.477 e. The average molecular weight is 268 g/mol. The Balaban J connectivity index is 2.73. The van der Waals surface area contributed by atoms with Crippen LogP contribution in [0.25, 0.3) is 0 Å². The van der Waals surface area contributed by atoms with Crippen molar-refractivity contribution in [1.82, 2.24) is 10.3 Å². The van der Waals surface area contributed by atoms with Gasteiger partial charge in [-0.1, -0.05) is 6.07 Å². The van der Waals surface area contributed by atoms with Crippen LogP contribution in [0.15, 0.2) is 18.3 Å². The molecular weight excluding hydrogens is 252 g/mol. The van der Waals surface area contributed by atoms with Gasteiger partial charge in [-0.25, -0.2) is 9.78 Å². The highest BCUT2D eigenvalue weighted by molar-refractivity contribution is 5.87. The molecule has 1 amide bonds. The monoisotopic (exact) mass is 268 g/mol. The summed E-state index contributed by atoms with van der Waals surface area (Å²) in [6, 6.07) is 2.87. The Morgan fingerprint density at radius 2 is 2.11 bits per heavy atom. The quantitative estimate of drug-likeness (QED) is 0.562. The van der Waals surface area contributed by atoms with Gasteiger partial charge in [-0.05, 0) is 12.5 Å². The number of carboxylic acid groups (broad SMARTS) is 1. The number of carboxylic acids is 1. The minimum absolute atomic E-state index is 0.0466. The Kier molecular flexibility index (Phi) is 5.40. The number of aliphatic hydroxyl groups excluding tert-OH is 2. The van der Waals surface area contributed by atoms with Crippen molar-refractivity contribution >= 4 is 11.9 Å². The second-order valence-corrected chi connectivity index (χ2v) is 4.03. The summed E-state index contributed by atoms with van der Waals surface area (Å²) in [6.45, 7) is 1.53. The molecule has 0 aliphatic carbocycles. The van der Waals surface area contributed by atoms with Gasteiger partial charge < -0.3 is 20.6 Å². The molecule has 0 saturated heterocycles. The van der Waals surface area contributed by atoms with E-state index in [1.54, 1.807) is 0 Å². The zero-order valence-corrected chi connectivity index (χ0v) is 10.4. The number of nitrogens with zero attached hydrogens (tertiary/aromatic N) is 1. The number of hydrogen-bond acceptors (Lipinski definition) is 5. The fourth-order valence-corrected chi connectivity index (χ4v) is 1.60. The molecule has 1 heterocycles. The zero-order valence-electron chi connectivity index (χ0n) is 10.4. The van der Waals surface area contributed by atoms with E-state index < -0.39 is 18.2 Å². The molecule has 4 N–H and O–H groups in total. The maximum absolute atomic E-state index is 10.9. The third-order valence-corrected chi connectivity index (χ3v) is 2.54. The summed E-state index contributed by atoms with van der Waals surface area (Å²) in [7, 11) is 0. The second kappa shape index (κ2) is 6.81. The molecule has 1 aromatic rings. The van der Waals surface area contributed by atoms with Crippen molar-refractivity contribution in [3.63, 3.8) is 0 Å². The minimum Gasteiger partial charge on any atom is -0.477 e. The molecule has 7 heteroatoms. The van der Waals surface area contributed by atoms with Crippen molar-refractivity contribution in [3.05, 3.63) is 29.6 Å². The maximum atomic E-state index is 10.9. The van der Waals surface area contributed by atoms with Crippen molar-refractivity contribution < 1.29 is 24.9 Å². The highest BCUT2D eigenvalue weighted by Crippen LogP contribution is 2.21. The van der Waals surface area contributed by atoms with Crippen LogP contribution in [0, 0.1) is 0 Å². The molecule has 0 aromatic carbocycles. The van der Waals surface area contributed by atoms with Crippen LogP contribution in [-0.4, -0.2) is 44.8 Å². The lowest BCUT2D eigenvalue weighted by atomic mass is 10.0. The van der Waals surface area contributed by atoms with Crippen LogP contribution in [0.1, 0.15) is 35.5 Å². The van der Waals surface area contributed by atoms with Gasteiger partial charge in [0.2, 0.25) is 5.91 Å². The van der Waals surface area contributed by atoms with E-state index in [1.807, 2.05) is 0 Å². The van der Waals surface area contributed by atoms with Crippen molar-refractivity contribution in [2.75, 3.05) is 6.54 Å². The summed E-state index contributed by atoms with van der Waals surface area (Å²) >= 11 is 0. The first-order valence-corrected chi connectivity index (χ1v) is 5.72. The normalized spacial score (nSPS) is 13.6. The molecule has 0 aliphatic heterocycles. The highest BCUT2D eigenvalue weighted by atomic mass is 16.4. The molecule has 1 rings (SSSR count). The smallest absolute Gasteiger partial charge is 0.354 e. The van der Waals surface area contributed by atoms with E-state index in [4.69, 9.17) is 5.11 Å². The molecule has 2 unspecified atom stereocenters. The highest BCUT2D eigenvalue weighted by Gasteiger charge is 2.24. The fourth-order valence-electron chi connectivity index (χ4n) is 1.60. The van der Waals surface area contributed by atoms with Gasteiger partial charge in [0.1, 0.15) is 6.10 Å². The van der Waals surface area contributed by atoms with E-state index in [-0.39, 0.29) is 30.1 Å². The van der Waals surface area contributed by atoms with E-state index in [9.17, 15) is 19.8 Å². The molecular formula is C12H16N2O5. The lowest BCUT2D eigenvalue weighted by Crippen LogP contribution is -2.28. The molecule has 0 spiro atoms. The number of aliphatic hydroxyl groups is 2. The molecule has 2 atom stereocenters. The number of rotatable bonds is 6. The summed E-state index contributed by atoms with van der Waals surface area (Å²) in [5.74, 6) is -1.52. The van der Waals surface area contributed by atoms with E-state index in [2.05, 4.69) is 10.3 Å². The number of hydrogen-bond donors (Lipinski definition) is 4. The van der Waals surface area contributed by atoms with Gasteiger partial charge >= 0.3 is 5.97 Å². The zero-order chi connectivity index (χ0) is 14.4. The van der Waals surface area contributed by atoms with Crippen molar-refractivity contribution in [2.24, 2.45) is 0 Å². The summed E-state index contributed by atoms with van der Waals surface area (Å²) in [4.78, 5) is 25.3. The number of pyridine rings is 1. The van der Waals surface area contributed by atoms with Gasteiger partial charge in [-0.2, -0.15) is 0 Å². The number of nitrogens with one attached hydrogen (secondary N) is 1. The van der Waals surface area contributed by atoms with Crippen molar-refractivity contribution in [1.29, 1.82) is 0 Å². The minimum atomic E-state index is -1.37. The first kappa shape index (κ1) is 15.1. The van der Waals surface area contributed by atoms with Crippen molar-refractivity contribution in [3.8, 4) is 0 Å².